The van der Waals surface area contributed by atoms with Gasteiger partial charge in [0.15, 0.2) is 11.5 Å². The molecule has 0 amide bonds. The van der Waals surface area contributed by atoms with Crippen molar-refractivity contribution < 1.29 is 4.42 Å². The molecule has 4 nitrogen and oxygen atoms in total. The second-order valence-electron chi connectivity index (χ2n) is 4.14. The molecule has 2 rings (SSSR count). The van der Waals surface area contributed by atoms with Crippen molar-refractivity contribution in [1.82, 2.24) is 15.6 Å². The summed E-state index contributed by atoms with van der Waals surface area (Å²) >= 11 is 0. The van der Waals surface area contributed by atoms with Gasteiger partial charge in [-0.1, -0.05) is 6.07 Å². The predicted octanol–water partition coefficient (Wildman–Crippen LogP) is 1.49. The van der Waals surface area contributed by atoms with Crippen molar-refractivity contribution in [3.8, 4) is 0 Å². The number of nitrogens with zero attached hydrogens (tertiary/aromatic N) is 1. The van der Waals surface area contributed by atoms with E-state index in [9.17, 15) is 0 Å². The molecule has 0 atom stereocenters. The number of hydrogen-bond acceptors (Lipinski definition) is 4. The van der Waals surface area contributed by atoms with E-state index in [1.807, 2.05) is 20.0 Å². The van der Waals surface area contributed by atoms with Crippen LogP contribution in [-0.2, 0) is 6.42 Å². The highest BCUT2D eigenvalue weighted by molar-refractivity contribution is 5.73. The SMILES string of the molecule is CNCCNCCc1ccc2nc(C)oc2c1. The van der Waals surface area contributed by atoms with Gasteiger partial charge in [-0.15, -0.1) is 0 Å². The molecule has 1 aromatic heterocycles. The van der Waals surface area contributed by atoms with Crippen LogP contribution >= 0.6 is 0 Å². The highest BCUT2D eigenvalue weighted by Gasteiger charge is 2.02. The van der Waals surface area contributed by atoms with Crippen LogP contribution in [0, 0.1) is 6.92 Å². The van der Waals surface area contributed by atoms with Crippen molar-refractivity contribution in [3.05, 3.63) is 29.7 Å². The van der Waals surface area contributed by atoms with Crippen molar-refractivity contribution >= 4 is 11.1 Å². The number of rotatable bonds is 6. The van der Waals surface area contributed by atoms with Gasteiger partial charge < -0.3 is 15.1 Å². The van der Waals surface area contributed by atoms with Crippen LogP contribution < -0.4 is 10.6 Å². The standard InChI is InChI=1S/C13H19N3O/c1-10-16-12-4-3-11(9-13(12)17-10)5-6-15-8-7-14-2/h3-4,9,14-15H,5-8H2,1-2H3. The molecule has 1 heterocycles. The lowest BCUT2D eigenvalue weighted by Gasteiger charge is -2.04. The molecular weight excluding hydrogens is 214 g/mol. The number of fused-ring (bicyclic) bond motifs is 1. The van der Waals surface area contributed by atoms with Gasteiger partial charge in [0.25, 0.3) is 0 Å². The number of aromatic nitrogens is 1. The second kappa shape index (κ2) is 5.80. The number of benzene rings is 1. The molecule has 0 radical (unpaired) electrons. The lowest BCUT2D eigenvalue weighted by Crippen LogP contribution is -2.26. The third-order valence-electron chi connectivity index (χ3n) is 2.70. The fraction of sp³-hybridized carbons (Fsp3) is 0.462. The summed E-state index contributed by atoms with van der Waals surface area (Å²) in [5.74, 6) is 0.726. The summed E-state index contributed by atoms with van der Waals surface area (Å²) < 4.78 is 5.51. The zero-order chi connectivity index (χ0) is 12.1. The van der Waals surface area contributed by atoms with Gasteiger partial charge in [-0.05, 0) is 37.7 Å². The molecule has 0 unspecified atom stereocenters. The number of nitrogens with one attached hydrogen (secondary N) is 2. The van der Waals surface area contributed by atoms with Crippen LogP contribution in [0.25, 0.3) is 11.1 Å². The molecule has 0 aliphatic carbocycles. The first-order chi connectivity index (χ1) is 8.29. The number of aryl methyl sites for hydroxylation is 1. The molecule has 0 fully saturated rings. The third-order valence-corrected chi connectivity index (χ3v) is 2.70. The summed E-state index contributed by atoms with van der Waals surface area (Å²) in [5, 5.41) is 6.49. The van der Waals surface area contributed by atoms with Gasteiger partial charge in [0.05, 0.1) is 0 Å². The summed E-state index contributed by atoms with van der Waals surface area (Å²) in [6.07, 6.45) is 1.01. The largest absolute Gasteiger partial charge is 0.441 e. The zero-order valence-corrected chi connectivity index (χ0v) is 10.4. The van der Waals surface area contributed by atoms with E-state index in [2.05, 4.69) is 27.8 Å². The fourth-order valence-corrected chi connectivity index (χ4v) is 1.81. The molecule has 0 aliphatic rings. The minimum Gasteiger partial charge on any atom is -0.441 e. The highest BCUT2D eigenvalue weighted by Crippen LogP contribution is 2.16. The lowest BCUT2D eigenvalue weighted by molar-refractivity contribution is 0.560. The Morgan fingerprint density at radius 2 is 2.12 bits per heavy atom. The van der Waals surface area contributed by atoms with Crippen molar-refractivity contribution in [1.29, 1.82) is 0 Å². The summed E-state index contributed by atoms with van der Waals surface area (Å²) in [6, 6.07) is 6.22. The summed E-state index contributed by atoms with van der Waals surface area (Å²) in [7, 11) is 1.96. The smallest absolute Gasteiger partial charge is 0.192 e. The van der Waals surface area contributed by atoms with Gasteiger partial charge in [-0.2, -0.15) is 0 Å². The monoisotopic (exact) mass is 233 g/mol. The Morgan fingerprint density at radius 1 is 1.24 bits per heavy atom. The van der Waals surface area contributed by atoms with Crippen LogP contribution in [0.4, 0.5) is 0 Å². The van der Waals surface area contributed by atoms with Gasteiger partial charge >= 0.3 is 0 Å². The Morgan fingerprint density at radius 3 is 2.94 bits per heavy atom. The van der Waals surface area contributed by atoms with Gasteiger partial charge in [-0.25, -0.2) is 4.98 Å². The Balaban J connectivity index is 1.90. The molecule has 2 aromatic rings. The van der Waals surface area contributed by atoms with E-state index in [0.29, 0.717) is 0 Å². The second-order valence-corrected chi connectivity index (χ2v) is 4.14. The topological polar surface area (TPSA) is 50.1 Å². The van der Waals surface area contributed by atoms with E-state index in [0.717, 1.165) is 43.0 Å². The van der Waals surface area contributed by atoms with Crippen LogP contribution in [0.5, 0.6) is 0 Å². The van der Waals surface area contributed by atoms with E-state index in [1.165, 1.54) is 5.56 Å². The van der Waals surface area contributed by atoms with E-state index >= 15 is 0 Å². The van der Waals surface area contributed by atoms with Gasteiger partial charge in [0, 0.05) is 20.0 Å². The van der Waals surface area contributed by atoms with Crippen molar-refractivity contribution in [3.63, 3.8) is 0 Å². The van der Waals surface area contributed by atoms with Gasteiger partial charge in [0.1, 0.15) is 5.52 Å². The van der Waals surface area contributed by atoms with E-state index in [4.69, 9.17) is 4.42 Å². The quantitative estimate of drug-likeness (QED) is 0.742. The Kier molecular flexibility index (Phi) is 4.12. The number of oxazole rings is 1. The molecular formula is C13H19N3O. The summed E-state index contributed by atoms with van der Waals surface area (Å²) in [5.41, 5.74) is 3.11. The molecule has 0 spiro atoms. The molecule has 4 heteroatoms. The Bertz CT molecular complexity index is 478. The minimum absolute atomic E-state index is 0.726. The maximum absolute atomic E-state index is 5.51. The van der Waals surface area contributed by atoms with E-state index in [1.54, 1.807) is 0 Å². The normalized spacial score (nSPS) is 11.2. The minimum atomic E-state index is 0.726. The predicted molar refractivity (Wildman–Crippen MR) is 69.2 cm³/mol. The number of likely N-dealkylation sites (N-methyl/N-ethyl adjacent to an activating group) is 1. The van der Waals surface area contributed by atoms with Crippen LogP contribution in [0.2, 0.25) is 0 Å². The molecule has 0 aliphatic heterocycles. The van der Waals surface area contributed by atoms with E-state index < -0.39 is 0 Å². The maximum atomic E-state index is 5.51. The van der Waals surface area contributed by atoms with Crippen molar-refractivity contribution in [2.75, 3.05) is 26.7 Å². The first-order valence-corrected chi connectivity index (χ1v) is 6.01. The molecule has 1 aromatic carbocycles. The Hall–Kier alpha value is -1.39. The number of hydrogen-bond donors (Lipinski definition) is 2. The third kappa shape index (κ3) is 3.28. The molecule has 0 saturated heterocycles. The van der Waals surface area contributed by atoms with Gasteiger partial charge in [-0.3, -0.25) is 0 Å². The average Bonchev–Trinajstić information content (AvgIpc) is 2.68. The average molecular weight is 233 g/mol. The first kappa shape index (κ1) is 12.1. The van der Waals surface area contributed by atoms with Crippen LogP contribution in [-0.4, -0.2) is 31.7 Å². The van der Waals surface area contributed by atoms with Crippen molar-refractivity contribution in [2.24, 2.45) is 0 Å². The molecule has 0 saturated carbocycles. The van der Waals surface area contributed by atoms with E-state index in [-0.39, 0.29) is 0 Å². The fourth-order valence-electron chi connectivity index (χ4n) is 1.81. The maximum Gasteiger partial charge on any atom is 0.192 e. The summed E-state index contributed by atoms with van der Waals surface area (Å²) in [6.45, 7) is 4.86. The van der Waals surface area contributed by atoms with Crippen molar-refractivity contribution in [2.45, 2.75) is 13.3 Å². The molecule has 17 heavy (non-hydrogen) atoms. The Labute approximate surface area is 101 Å². The van der Waals surface area contributed by atoms with Crippen LogP contribution in [0.3, 0.4) is 0 Å². The van der Waals surface area contributed by atoms with Crippen LogP contribution in [0.15, 0.2) is 22.6 Å². The van der Waals surface area contributed by atoms with Crippen LogP contribution in [0.1, 0.15) is 11.5 Å². The highest BCUT2D eigenvalue weighted by atomic mass is 16.3. The lowest BCUT2D eigenvalue weighted by atomic mass is 10.1. The zero-order valence-electron chi connectivity index (χ0n) is 10.4. The van der Waals surface area contributed by atoms with Gasteiger partial charge in [0.2, 0.25) is 0 Å². The molecule has 2 N–H and O–H groups in total. The molecule has 92 valence electrons. The first-order valence-electron chi connectivity index (χ1n) is 6.01. The molecule has 0 bridgehead atoms. The summed E-state index contributed by atoms with van der Waals surface area (Å²) in [4.78, 5) is 4.28.